The van der Waals surface area contributed by atoms with Crippen molar-refractivity contribution < 1.29 is 4.79 Å². The van der Waals surface area contributed by atoms with Crippen LogP contribution in [0.2, 0.25) is 5.02 Å². The fourth-order valence-electron chi connectivity index (χ4n) is 2.52. The van der Waals surface area contributed by atoms with Crippen LogP contribution in [-0.2, 0) is 0 Å². The minimum Gasteiger partial charge on any atom is -0.367 e. The van der Waals surface area contributed by atoms with Gasteiger partial charge in [0.15, 0.2) is 0 Å². The van der Waals surface area contributed by atoms with E-state index in [4.69, 9.17) is 11.6 Å². The molecular formula is C16H18ClN3OS. The standard InChI is InChI=1S/C16H18ClN3OS/c1-19-6-8-20(9-7-19)14-5-4-12(17)11-13(14)18-16(21)15-3-2-10-22-15/h2-5,10-11H,6-9H2,1H3,(H,18,21). The third-order valence-electron chi connectivity index (χ3n) is 3.80. The van der Waals surface area contributed by atoms with E-state index in [1.54, 1.807) is 0 Å². The number of nitrogens with zero attached hydrogens (tertiary/aromatic N) is 2. The van der Waals surface area contributed by atoms with Crippen LogP contribution in [0.3, 0.4) is 0 Å². The molecule has 1 aromatic heterocycles. The minimum atomic E-state index is -0.0901. The van der Waals surface area contributed by atoms with Gasteiger partial charge in [-0.25, -0.2) is 0 Å². The number of anilines is 2. The highest BCUT2D eigenvalue weighted by atomic mass is 35.5. The maximum atomic E-state index is 12.3. The summed E-state index contributed by atoms with van der Waals surface area (Å²) in [4.78, 5) is 17.6. The van der Waals surface area contributed by atoms with Crippen molar-refractivity contribution in [3.8, 4) is 0 Å². The minimum absolute atomic E-state index is 0.0901. The highest BCUT2D eigenvalue weighted by Crippen LogP contribution is 2.30. The lowest BCUT2D eigenvalue weighted by molar-refractivity contribution is 0.103. The molecule has 6 heteroatoms. The molecule has 0 aliphatic carbocycles. The van der Waals surface area contributed by atoms with Gasteiger partial charge in [-0.1, -0.05) is 17.7 Å². The number of hydrogen-bond donors (Lipinski definition) is 1. The Hall–Kier alpha value is -1.56. The molecule has 0 spiro atoms. The average Bonchev–Trinajstić information content (AvgIpc) is 3.03. The van der Waals surface area contributed by atoms with Gasteiger partial charge in [-0.3, -0.25) is 4.79 Å². The van der Waals surface area contributed by atoms with Crippen LogP contribution < -0.4 is 10.2 Å². The van der Waals surface area contributed by atoms with Crippen molar-refractivity contribution in [1.29, 1.82) is 0 Å². The number of thiophene rings is 1. The Balaban J connectivity index is 1.83. The zero-order valence-corrected chi connectivity index (χ0v) is 14.0. The molecule has 3 rings (SSSR count). The molecule has 0 atom stereocenters. The molecule has 1 aliphatic heterocycles. The number of carbonyl (C=O) groups excluding carboxylic acids is 1. The van der Waals surface area contributed by atoms with Crippen LogP contribution in [-0.4, -0.2) is 44.0 Å². The van der Waals surface area contributed by atoms with Gasteiger partial charge in [-0.15, -0.1) is 11.3 Å². The Bertz CT molecular complexity index is 651. The number of carbonyl (C=O) groups is 1. The van der Waals surface area contributed by atoms with E-state index in [0.29, 0.717) is 9.90 Å². The van der Waals surface area contributed by atoms with E-state index < -0.39 is 0 Å². The number of benzene rings is 1. The number of piperazine rings is 1. The Morgan fingerprint density at radius 2 is 2.00 bits per heavy atom. The SMILES string of the molecule is CN1CCN(c2ccc(Cl)cc2NC(=O)c2cccs2)CC1. The first-order valence-electron chi connectivity index (χ1n) is 7.21. The molecule has 0 saturated carbocycles. The smallest absolute Gasteiger partial charge is 0.265 e. The molecule has 116 valence electrons. The molecule has 1 aromatic carbocycles. The van der Waals surface area contributed by atoms with Crippen LogP contribution in [0.15, 0.2) is 35.7 Å². The summed E-state index contributed by atoms with van der Waals surface area (Å²) in [5.74, 6) is -0.0901. The molecular weight excluding hydrogens is 318 g/mol. The topological polar surface area (TPSA) is 35.6 Å². The van der Waals surface area contributed by atoms with Crippen LogP contribution in [0.5, 0.6) is 0 Å². The molecule has 0 unspecified atom stereocenters. The van der Waals surface area contributed by atoms with Gasteiger partial charge in [0, 0.05) is 31.2 Å². The molecule has 4 nitrogen and oxygen atoms in total. The predicted octanol–water partition coefficient (Wildman–Crippen LogP) is 3.41. The zero-order valence-electron chi connectivity index (χ0n) is 12.4. The molecule has 2 aromatic rings. The predicted molar refractivity (Wildman–Crippen MR) is 93.4 cm³/mol. The molecule has 1 saturated heterocycles. The second-order valence-corrected chi connectivity index (χ2v) is 6.77. The van der Waals surface area contributed by atoms with Crippen molar-refractivity contribution in [2.45, 2.75) is 0 Å². The van der Waals surface area contributed by atoms with Crippen molar-refractivity contribution in [2.24, 2.45) is 0 Å². The lowest BCUT2D eigenvalue weighted by Gasteiger charge is -2.35. The van der Waals surface area contributed by atoms with Crippen molar-refractivity contribution in [3.63, 3.8) is 0 Å². The summed E-state index contributed by atoms with van der Waals surface area (Å²) in [7, 11) is 2.12. The number of likely N-dealkylation sites (N-methyl/N-ethyl adjacent to an activating group) is 1. The fourth-order valence-corrected chi connectivity index (χ4v) is 3.31. The first-order chi connectivity index (χ1) is 10.6. The monoisotopic (exact) mass is 335 g/mol. The summed E-state index contributed by atoms with van der Waals surface area (Å²) in [6.07, 6.45) is 0. The maximum Gasteiger partial charge on any atom is 0.265 e. The van der Waals surface area contributed by atoms with Gasteiger partial charge in [-0.05, 0) is 36.7 Å². The number of halogens is 1. The number of nitrogens with one attached hydrogen (secondary N) is 1. The normalized spacial score (nSPS) is 15.8. The van der Waals surface area contributed by atoms with Gasteiger partial charge in [0.05, 0.1) is 16.3 Å². The van der Waals surface area contributed by atoms with Gasteiger partial charge < -0.3 is 15.1 Å². The molecule has 22 heavy (non-hydrogen) atoms. The largest absolute Gasteiger partial charge is 0.367 e. The zero-order chi connectivity index (χ0) is 15.5. The highest BCUT2D eigenvalue weighted by Gasteiger charge is 2.18. The second kappa shape index (κ2) is 6.69. The van der Waals surface area contributed by atoms with Crippen LogP contribution in [0.1, 0.15) is 9.67 Å². The van der Waals surface area contributed by atoms with E-state index in [9.17, 15) is 4.79 Å². The van der Waals surface area contributed by atoms with E-state index in [1.165, 1.54) is 11.3 Å². The Labute approximate surface area is 139 Å². The van der Waals surface area contributed by atoms with Crippen LogP contribution in [0, 0.1) is 0 Å². The van der Waals surface area contributed by atoms with Gasteiger partial charge in [0.2, 0.25) is 0 Å². The van der Waals surface area contributed by atoms with Crippen molar-refractivity contribution >= 4 is 40.2 Å². The fraction of sp³-hybridized carbons (Fsp3) is 0.312. The summed E-state index contributed by atoms with van der Waals surface area (Å²) in [6.45, 7) is 3.92. The third kappa shape index (κ3) is 3.43. The molecule has 1 aliphatic rings. The Morgan fingerprint density at radius 3 is 2.68 bits per heavy atom. The highest BCUT2D eigenvalue weighted by molar-refractivity contribution is 7.12. The molecule has 0 bridgehead atoms. The maximum absolute atomic E-state index is 12.3. The quantitative estimate of drug-likeness (QED) is 0.933. The van der Waals surface area contributed by atoms with E-state index in [0.717, 1.165) is 37.6 Å². The summed E-state index contributed by atoms with van der Waals surface area (Å²) in [6, 6.07) is 9.37. The molecule has 1 fully saturated rings. The van der Waals surface area contributed by atoms with E-state index in [1.807, 2.05) is 35.7 Å². The van der Waals surface area contributed by atoms with Gasteiger partial charge >= 0.3 is 0 Å². The summed E-state index contributed by atoms with van der Waals surface area (Å²) in [5.41, 5.74) is 1.80. The van der Waals surface area contributed by atoms with E-state index in [-0.39, 0.29) is 5.91 Å². The second-order valence-electron chi connectivity index (χ2n) is 5.38. The van der Waals surface area contributed by atoms with Crippen LogP contribution >= 0.6 is 22.9 Å². The van der Waals surface area contributed by atoms with Crippen molar-refractivity contribution in [1.82, 2.24) is 4.90 Å². The number of rotatable bonds is 3. The van der Waals surface area contributed by atoms with Gasteiger partial charge in [-0.2, -0.15) is 0 Å². The molecule has 2 heterocycles. The lowest BCUT2D eigenvalue weighted by atomic mass is 10.2. The van der Waals surface area contributed by atoms with Gasteiger partial charge in [0.25, 0.3) is 5.91 Å². The number of hydrogen-bond acceptors (Lipinski definition) is 4. The third-order valence-corrected chi connectivity index (χ3v) is 4.90. The van der Waals surface area contributed by atoms with Crippen molar-refractivity contribution in [3.05, 3.63) is 45.6 Å². The van der Waals surface area contributed by atoms with E-state index in [2.05, 4.69) is 22.2 Å². The van der Waals surface area contributed by atoms with E-state index >= 15 is 0 Å². The van der Waals surface area contributed by atoms with Crippen LogP contribution in [0.25, 0.3) is 0 Å². The number of amides is 1. The van der Waals surface area contributed by atoms with Crippen LogP contribution in [0.4, 0.5) is 11.4 Å². The summed E-state index contributed by atoms with van der Waals surface area (Å²) < 4.78 is 0. The first-order valence-corrected chi connectivity index (χ1v) is 8.47. The van der Waals surface area contributed by atoms with Gasteiger partial charge in [0.1, 0.15) is 0 Å². The Morgan fingerprint density at radius 1 is 1.23 bits per heavy atom. The van der Waals surface area contributed by atoms with Crippen molar-refractivity contribution in [2.75, 3.05) is 43.4 Å². The molecule has 0 radical (unpaired) electrons. The average molecular weight is 336 g/mol. The molecule has 1 N–H and O–H groups in total. The summed E-state index contributed by atoms with van der Waals surface area (Å²) >= 11 is 7.54. The summed E-state index contributed by atoms with van der Waals surface area (Å²) in [5, 5.41) is 5.52. The lowest BCUT2D eigenvalue weighted by Crippen LogP contribution is -2.44. The first kappa shape index (κ1) is 15.3. The Kier molecular flexibility index (Phi) is 4.66. The molecule has 1 amide bonds.